The topological polar surface area (TPSA) is 99.7 Å². The molecule has 2 N–H and O–H groups in total. The van der Waals surface area contributed by atoms with Crippen LogP contribution in [-0.2, 0) is 13.6 Å². The molecule has 1 aromatic carbocycles. The van der Waals surface area contributed by atoms with Gasteiger partial charge in [-0.1, -0.05) is 6.07 Å². The third-order valence-corrected chi connectivity index (χ3v) is 5.25. The van der Waals surface area contributed by atoms with E-state index in [9.17, 15) is 9.90 Å². The summed E-state index contributed by atoms with van der Waals surface area (Å²) in [6.45, 7) is 1.96. The van der Waals surface area contributed by atoms with Crippen molar-refractivity contribution in [3.05, 3.63) is 46.7 Å². The van der Waals surface area contributed by atoms with Crippen LogP contribution in [0.5, 0.6) is 0 Å². The number of nitrogens with one attached hydrogen (secondary N) is 1. The number of likely N-dealkylation sites (N-methyl/N-ethyl adjacent to an activating group) is 1. The lowest BCUT2D eigenvalue weighted by atomic mass is 10.2. The highest BCUT2D eigenvalue weighted by Crippen LogP contribution is 2.26. The molecule has 1 fully saturated rings. The zero-order valence-electron chi connectivity index (χ0n) is 16.9. The Labute approximate surface area is 168 Å². The maximum atomic E-state index is 11.6. The molecule has 0 radical (unpaired) electrons. The summed E-state index contributed by atoms with van der Waals surface area (Å²) in [4.78, 5) is 24.6. The molecule has 2 aromatic heterocycles. The third kappa shape index (κ3) is 4.10. The van der Waals surface area contributed by atoms with Crippen LogP contribution in [0, 0.1) is 0 Å². The van der Waals surface area contributed by atoms with Crippen LogP contribution >= 0.6 is 0 Å². The van der Waals surface area contributed by atoms with Crippen molar-refractivity contribution < 1.29 is 9.52 Å². The summed E-state index contributed by atoms with van der Waals surface area (Å²) in [6, 6.07) is 7.81. The molecule has 0 saturated carbocycles. The molecule has 3 aromatic rings. The minimum absolute atomic E-state index is 0.214. The minimum Gasteiger partial charge on any atom is -0.408 e. The number of aliphatic hydroxyl groups excluding tert-OH is 1. The number of rotatable bonds is 6. The van der Waals surface area contributed by atoms with Gasteiger partial charge in [-0.25, -0.2) is 14.8 Å². The third-order valence-electron chi connectivity index (χ3n) is 5.25. The van der Waals surface area contributed by atoms with E-state index in [-0.39, 0.29) is 17.9 Å². The Bertz CT molecular complexity index is 1060. The molecule has 29 heavy (non-hydrogen) atoms. The molecular weight excluding hydrogens is 372 g/mol. The van der Waals surface area contributed by atoms with Crippen molar-refractivity contribution in [2.45, 2.75) is 25.1 Å². The number of fused-ring (bicyclic) bond motifs is 1. The smallest absolute Gasteiger partial charge is 0.408 e. The molecule has 0 spiro atoms. The molecular formula is C20H26N6O3. The minimum atomic E-state index is -0.370. The number of aryl methyl sites for hydroxylation is 1. The number of benzene rings is 1. The number of anilines is 2. The Kier molecular flexibility index (Phi) is 5.25. The molecule has 0 unspecified atom stereocenters. The van der Waals surface area contributed by atoms with Crippen molar-refractivity contribution in [3.63, 3.8) is 0 Å². The second-order valence-corrected chi connectivity index (χ2v) is 7.80. The fraction of sp³-hybridized carbons (Fsp3) is 0.450. The van der Waals surface area contributed by atoms with E-state index in [4.69, 9.17) is 4.42 Å². The van der Waals surface area contributed by atoms with Crippen LogP contribution in [0.15, 0.2) is 39.8 Å². The predicted octanol–water partition coefficient (Wildman–Crippen LogP) is 1.03. The Morgan fingerprint density at radius 1 is 1.31 bits per heavy atom. The fourth-order valence-electron chi connectivity index (χ4n) is 3.85. The maximum Gasteiger partial charge on any atom is 0.419 e. The summed E-state index contributed by atoms with van der Waals surface area (Å²) in [6.07, 6.45) is 1.92. The standard InChI is InChI=1S/C20H26N6O3/c1-24(2)10-14-7-15(27)11-26(14)19-8-18(22-12-23-19)21-9-13-4-5-16-17(6-13)29-20(28)25(16)3/h4-6,8,12,14-15,27H,7,9-11H2,1-3H3,(H,21,22,23)/t14-,15-/m1/s1. The first-order valence-corrected chi connectivity index (χ1v) is 9.64. The number of nitrogens with zero attached hydrogens (tertiary/aromatic N) is 5. The number of hydrogen-bond donors (Lipinski definition) is 2. The number of aromatic nitrogens is 3. The summed E-state index contributed by atoms with van der Waals surface area (Å²) in [5.74, 6) is 1.13. The number of hydrogen-bond acceptors (Lipinski definition) is 8. The van der Waals surface area contributed by atoms with Crippen molar-refractivity contribution in [3.8, 4) is 0 Å². The molecule has 1 aliphatic rings. The molecule has 1 saturated heterocycles. The Balaban J connectivity index is 1.48. The van der Waals surface area contributed by atoms with Gasteiger partial charge in [-0.2, -0.15) is 0 Å². The van der Waals surface area contributed by atoms with Crippen LogP contribution in [0.2, 0.25) is 0 Å². The zero-order valence-corrected chi connectivity index (χ0v) is 16.9. The van der Waals surface area contributed by atoms with Crippen molar-refractivity contribution in [2.75, 3.05) is 37.4 Å². The molecule has 3 heterocycles. The molecule has 9 heteroatoms. The van der Waals surface area contributed by atoms with Gasteiger partial charge in [0.05, 0.1) is 11.6 Å². The van der Waals surface area contributed by atoms with E-state index in [0.29, 0.717) is 24.5 Å². The van der Waals surface area contributed by atoms with Gasteiger partial charge in [0.2, 0.25) is 0 Å². The zero-order chi connectivity index (χ0) is 20.5. The van der Waals surface area contributed by atoms with Gasteiger partial charge in [0, 0.05) is 38.8 Å². The average molecular weight is 398 g/mol. The van der Waals surface area contributed by atoms with E-state index in [1.54, 1.807) is 7.05 Å². The van der Waals surface area contributed by atoms with Gasteiger partial charge in [0.25, 0.3) is 0 Å². The Hall–Kier alpha value is -2.91. The summed E-state index contributed by atoms with van der Waals surface area (Å²) < 4.78 is 6.74. The van der Waals surface area contributed by atoms with Gasteiger partial charge < -0.3 is 24.6 Å². The molecule has 4 rings (SSSR count). The first-order chi connectivity index (χ1) is 13.9. The van der Waals surface area contributed by atoms with E-state index >= 15 is 0 Å². The maximum absolute atomic E-state index is 11.6. The molecule has 0 bridgehead atoms. The number of oxazole rings is 1. The highest BCUT2D eigenvalue weighted by Gasteiger charge is 2.32. The number of aliphatic hydroxyl groups is 1. The summed E-state index contributed by atoms with van der Waals surface area (Å²) >= 11 is 0. The molecule has 9 nitrogen and oxygen atoms in total. The van der Waals surface area contributed by atoms with E-state index in [2.05, 4.69) is 25.1 Å². The normalized spacial score (nSPS) is 19.4. The van der Waals surface area contributed by atoms with Crippen LogP contribution in [0.4, 0.5) is 11.6 Å². The van der Waals surface area contributed by atoms with E-state index in [0.717, 1.165) is 29.9 Å². The summed E-state index contributed by atoms with van der Waals surface area (Å²) in [7, 11) is 5.75. The van der Waals surface area contributed by atoms with Crippen LogP contribution < -0.4 is 16.0 Å². The van der Waals surface area contributed by atoms with E-state index in [1.165, 1.54) is 10.9 Å². The van der Waals surface area contributed by atoms with E-state index < -0.39 is 0 Å². The van der Waals surface area contributed by atoms with Crippen molar-refractivity contribution in [1.82, 2.24) is 19.4 Å². The van der Waals surface area contributed by atoms with Crippen LogP contribution in [0.25, 0.3) is 11.1 Å². The summed E-state index contributed by atoms with van der Waals surface area (Å²) in [5, 5.41) is 13.4. The van der Waals surface area contributed by atoms with Crippen molar-refractivity contribution in [2.24, 2.45) is 7.05 Å². The fourth-order valence-corrected chi connectivity index (χ4v) is 3.85. The van der Waals surface area contributed by atoms with Crippen molar-refractivity contribution >= 4 is 22.7 Å². The van der Waals surface area contributed by atoms with Crippen LogP contribution in [0.1, 0.15) is 12.0 Å². The predicted molar refractivity (Wildman–Crippen MR) is 111 cm³/mol. The molecule has 0 amide bonds. The molecule has 0 aliphatic carbocycles. The van der Waals surface area contributed by atoms with Crippen molar-refractivity contribution in [1.29, 1.82) is 0 Å². The SMILES string of the molecule is CN(C)C[C@H]1C[C@@H](O)CN1c1cc(NCc2ccc3c(c2)oc(=O)n3C)ncn1. The second kappa shape index (κ2) is 7.84. The van der Waals surface area contributed by atoms with Gasteiger partial charge in [-0.15, -0.1) is 0 Å². The lowest BCUT2D eigenvalue weighted by Crippen LogP contribution is -2.38. The van der Waals surface area contributed by atoms with Crippen LogP contribution in [-0.4, -0.2) is 63.9 Å². The van der Waals surface area contributed by atoms with E-state index in [1.807, 2.05) is 38.4 Å². The Morgan fingerprint density at radius 2 is 2.14 bits per heavy atom. The monoisotopic (exact) mass is 398 g/mol. The van der Waals surface area contributed by atoms with Gasteiger partial charge in [0.1, 0.15) is 18.0 Å². The first-order valence-electron chi connectivity index (χ1n) is 9.64. The Morgan fingerprint density at radius 3 is 2.93 bits per heavy atom. The molecule has 154 valence electrons. The average Bonchev–Trinajstić information content (AvgIpc) is 3.18. The van der Waals surface area contributed by atoms with Gasteiger partial charge in [0.15, 0.2) is 5.58 Å². The van der Waals surface area contributed by atoms with Gasteiger partial charge in [-0.3, -0.25) is 4.57 Å². The summed E-state index contributed by atoms with van der Waals surface area (Å²) in [5.41, 5.74) is 2.31. The first kappa shape index (κ1) is 19.4. The lowest BCUT2D eigenvalue weighted by Gasteiger charge is -2.27. The largest absolute Gasteiger partial charge is 0.419 e. The lowest BCUT2D eigenvalue weighted by molar-refractivity contribution is 0.191. The highest BCUT2D eigenvalue weighted by molar-refractivity contribution is 5.73. The second-order valence-electron chi connectivity index (χ2n) is 7.80. The molecule has 2 atom stereocenters. The quantitative estimate of drug-likeness (QED) is 0.635. The number of β-amino-alcohol motifs (C(OH)–C–C–N with tert-alkyl or cyclic N) is 1. The van der Waals surface area contributed by atoms with Gasteiger partial charge in [-0.05, 0) is 38.2 Å². The molecule has 1 aliphatic heterocycles. The van der Waals surface area contributed by atoms with Gasteiger partial charge >= 0.3 is 5.76 Å². The van der Waals surface area contributed by atoms with Crippen LogP contribution in [0.3, 0.4) is 0 Å². The highest BCUT2D eigenvalue weighted by atomic mass is 16.4.